The maximum atomic E-state index is 8.35. The van der Waals surface area contributed by atoms with Crippen molar-refractivity contribution < 1.29 is 25.5 Å². The van der Waals surface area contributed by atoms with E-state index in [1.807, 2.05) is 0 Å². The van der Waals surface area contributed by atoms with Gasteiger partial charge in [0.1, 0.15) is 0 Å². The molecule has 0 fully saturated rings. The summed E-state index contributed by atoms with van der Waals surface area (Å²) in [7, 11) is -4.18. The quantitative estimate of drug-likeness (QED) is 0.442. The van der Waals surface area contributed by atoms with Crippen LogP contribution >= 0.6 is 7.92 Å². The summed E-state index contributed by atoms with van der Waals surface area (Å²) in [5.74, 6) is 0. The predicted molar refractivity (Wildman–Crippen MR) is 67.9 cm³/mol. The Morgan fingerprint density at radius 2 is 2.18 bits per heavy atom. The second-order valence-electron chi connectivity index (χ2n) is 3.38. The van der Waals surface area contributed by atoms with Crippen molar-refractivity contribution >= 4 is 7.92 Å². The van der Waals surface area contributed by atoms with E-state index in [4.69, 9.17) is 14.5 Å². The molecule has 0 amide bonds. The highest BCUT2D eigenvalue weighted by molar-refractivity contribution is 7.57. The van der Waals surface area contributed by atoms with Crippen LogP contribution in [-0.2, 0) is 4.74 Å². The summed E-state index contributed by atoms with van der Waals surface area (Å²) in [6.45, 7) is 0. The van der Waals surface area contributed by atoms with Gasteiger partial charge >= 0.3 is 0 Å². The number of aliphatic hydroxyl groups is 3. The molecule has 3 atom stereocenters. The topological polar surface area (TPSA) is 69.9 Å². The molecular formula is C12H19O4P. The Bertz CT molecular complexity index is 458. The fraction of sp³-hybridized carbons (Fsp3) is 0.500. The molecule has 3 N–H and O–H groups in total. The first-order valence-electron chi connectivity index (χ1n) is 8.31. The third-order valence-electron chi connectivity index (χ3n) is 2.32. The molecule has 1 aromatic carbocycles. The molecule has 17 heavy (non-hydrogen) atoms. The Kier molecular flexibility index (Phi) is 3.27. The predicted octanol–water partition coefficient (Wildman–Crippen LogP) is 1.46. The smallest absolute Gasteiger partial charge is 0.213 e. The SMILES string of the molecule is [2H]OCP(CO[2H])C(c1ccccc1)C([2H])C(O[2H])OC([2H])([2H])[2H]. The van der Waals surface area contributed by atoms with Gasteiger partial charge in [-0.15, -0.1) is 0 Å². The summed E-state index contributed by atoms with van der Waals surface area (Å²) < 4.78 is 55.4. The van der Waals surface area contributed by atoms with Crippen molar-refractivity contribution in [1.82, 2.24) is 0 Å². The van der Waals surface area contributed by atoms with Crippen LogP contribution in [0.25, 0.3) is 0 Å². The lowest BCUT2D eigenvalue weighted by Crippen LogP contribution is -2.15. The number of ether oxygens (including phenoxy) is 1. The van der Waals surface area contributed by atoms with Gasteiger partial charge in [-0.3, -0.25) is 0 Å². The van der Waals surface area contributed by atoms with Gasteiger partial charge in [0, 0.05) is 20.5 Å². The van der Waals surface area contributed by atoms with Crippen LogP contribution in [0.3, 0.4) is 0 Å². The first-order valence-corrected chi connectivity index (χ1v) is 6.79. The lowest BCUT2D eigenvalue weighted by atomic mass is 10.1. The zero-order valence-corrected chi connectivity index (χ0v) is 10.0. The van der Waals surface area contributed by atoms with Gasteiger partial charge in [-0.2, -0.15) is 0 Å². The lowest BCUT2D eigenvalue weighted by Gasteiger charge is -2.26. The molecule has 0 radical (unpaired) electrons. The third kappa shape index (κ3) is 4.34. The molecule has 0 aliphatic carbocycles. The average Bonchev–Trinajstić information content (AvgIpc) is 2.53. The number of rotatable bonds is 10. The second kappa shape index (κ2) is 7.75. The van der Waals surface area contributed by atoms with E-state index >= 15 is 0 Å². The van der Waals surface area contributed by atoms with Gasteiger partial charge < -0.3 is 20.1 Å². The Balaban J connectivity index is 3.14. The maximum Gasteiger partial charge on any atom is 0.213 e. The minimum Gasteiger partial charge on any atom is -0.392 e. The largest absolute Gasteiger partial charge is 0.392 e. The molecule has 0 aliphatic rings. The molecule has 1 rings (SSSR count). The van der Waals surface area contributed by atoms with E-state index in [-0.39, 0.29) is 12.7 Å². The van der Waals surface area contributed by atoms with Crippen LogP contribution in [0, 0.1) is 0 Å². The third-order valence-corrected chi connectivity index (χ3v) is 4.24. The minimum absolute atomic E-state index is 0.0817. The molecule has 3 unspecified atom stereocenters. The number of methoxy groups -OCH3 is 1. The molecule has 0 saturated carbocycles. The highest BCUT2D eigenvalue weighted by Gasteiger charge is 2.24. The molecule has 0 aliphatic heterocycles. The number of hydrogen-bond acceptors (Lipinski definition) is 4. The van der Waals surface area contributed by atoms with Crippen LogP contribution < -0.4 is 0 Å². The summed E-state index contributed by atoms with van der Waals surface area (Å²) in [5, 5.41) is 13.1. The first kappa shape index (κ1) is 7.17. The molecule has 0 spiro atoms. The first-order chi connectivity index (χ1) is 11.3. The normalized spacial score (nSPS) is 23.2. The maximum absolute atomic E-state index is 8.35. The fourth-order valence-electron chi connectivity index (χ4n) is 1.48. The van der Waals surface area contributed by atoms with E-state index in [2.05, 4.69) is 15.3 Å². The van der Waals surface area contributed by atoms with E-state index in [1.54, 1.807) is 30.3 Å². The van der Waals surface area contributed by atoms with Crippen LogP contribution in [0.2, 0.25) is 0 Å². The zero-order valence-electron chi connectivity index (χ0n) is 16.1. The second-order valence-corrected chi connectivity index (χ2v) is 5.63. The number of aliphatic hydroxyl groups excluding tert-OH is 3. The zero-order chi connectivity index (χ0) is 18.2. The van der Waals surface area contributed by atoms with Crippen molar-refractivity contribution in [3.8, 4) is 0 Å². The molecule has 0 bridgehead atoms. The molecule has 0 saturated heterocycles. The Hall–Kier alpha value is -0.510. The van der Waals surface area contributed by atoms with Crippen LogP contribution in [-0.4, -0.2) is 45.6 Å². The van der Waals surface area contributed by atoms with Gasteiger partial charge in [-0.25, -0.2) is 0 Å². The number of benzene rings is 1. The summed E-state index contributed by atoms with van der Waals surface area (Å²) in [6, 6.07) is 8.72. The van der Waals surface area contributed by atoms with Crippen LogP contribution in [0.15, 0.2) is 30.3 Å². The molecule has 4 nitrogen and oxygen atoms in total. The van der Waals surface area contributed by atoms with Crippen molar-refractivity contribution in [2.45, 2.75) is 18.3 Å². The van der Waals surface area contributed by atoms with Crippen molar-refractivity contribution in [2.75, 3.05) is 19.7 Å². The molecule has 1 aromatic rings. The Labute approximate surface area is 113 Å². The van der Waals surface area contributed by atoms with Gasteiger partial charge in [0.2, 0.25) is 4.29 Å². The van der Waals surface area contributed by atoms with Crippen LogP contribution in [0.4, 0.5) is 0 Å². The van der Waals surface area contributed by atoms with E-state index in [9.17, 15) is 0 Å². The average molecular weight is 265 g/mol. The van der Waals surface area contributed by atoms with Crippen molar-refractivity contribution in [1.29, 1.82) is 4.29 Å². The summed E-state index contributed by atoms with van der Waals surface area (Å²) in [4.78, 5) is 0. The lowest BCUT2D eigenvalue weighted by molar-refractivity contribution is -0.0785. The molecule has 0 heterocycles. The monoisotopic (exact) mass is 265 g/mol. The summed E-state index contributed by atoms with van der Waals surface area (Å²) in [6.07, 6.45) is -3.09. The van der Waals surface area contributed by atoms with Crippen molar-refractivity contribution in [2.24, 2.45) is 0 Å². The van der Waals surface area contributed by atoms with E-state index in [1.165, 1.54) is 0 Å². The molecule has 5 heteroatoms. The fourth-order valence-corrected chi connectivity index (χ4v) is 2.85. The minimum atomic E-state index is -2.83. The summed E-state index contributed by atoms with van der Waals surface area (Å²) in [5.41, 5.74) is -0.0106. The van der Waals surface area contributed by atoms with Crippen molar-refractivity contribution in [3.05, 3.63) is 35.9 Å². The van der Waals surface area contributed by atoms with E-state index in [0.29, 0.717) is 5.56 Å². The molecule has 96 valence electrons. The van der Waals surface area contributed by atoms with Gasteiger partial charge in [0.25, 0.3) is 0 Å². The van der Waals surface area contributed by atoms with E-state index in [0.717, 1.165) is 0 Å². The van der Waals surface area contributed by atoms with Crippen LogP contribution in [0.5, 0.6) is 0 Å². The summed E-state index contributed by atoms with van der Waals surface area (Å²) >= 11 is 0. The standard InChI is InChI=1S/C12H19O4P/c1-16-12(15)7-11(17(8-13)9-14)10-5-3-2-4-6-10/h2-6,11-15H,7-9H2,1H3/i1D3,7D,13D,14D,15D. The Morgan fingerprint density at radius 3 is 2.76 bits per heavy atom. The van der Waals surface area contributed by atoms with Crippen LogP contribution in [0.1, 0.15) is 23.1 Å². The number of hydrogen-bond donors (Lipinski definition) is 3. The molecular weight excluding hydrogens is 239 g/mol. The van der Waals surface area contributed by atoms with Gasteiger partial charge in [-0.1, -0.05) is 30.3 Å². The van der Waals surface area contributed by atoms with E-state index < -0.39 is 33.3 Å². The molecule has 0 aromatic heterocycles. The highest BCUT2D eigenvalue weighted by Crippen LogP contribution is 2.51. The van der Waals surface area contributed by atoms with Gasteiger partial charge in [0.15, 0.2) is 6.29 Å². The van der Waals surface area contributed by atoms with Gasteiger partial charge in [-0.05, 0) is 13.5 Å². The van der Waals surface area contributed by atoms with Gasteiger partial charge in [0.05, 0.1) is 16.8 Å². The highest BCUT2D eigenvalue weighted by atomic mass is 31.1. The van der Waals surface area contributed by atoms with Crippen molar-refractivity contribution in [3.63, 3.8) is 0 Å². The Morgan fingerprint density at radius 1 is 1.41 bits per heavy atom.